The van der Waals surface area contributed by atoms with Gasteiger partial charge in [-0.15, -0.1) is 11.8 Å². The van der Waals surface area contributed by atoms with Crippen LogP contribution in [0.1, 0.15) is 58.8 Å². The summed E-state index contributed by atoms with van der Waals surface area (Å²) in [6.07, 6.45) is 10.5. The van der Waals surface area contributed by atoms with Gasteiger partial charge in [0.05, 0.1) is 5.57 Å². The Labute approximate surface area is 155 Å². The molecule has 4 nitrogen and oxygen atoms in total. The highest BCUT2D eigenvalue weighted by Crippen LogP contribution is 2.43. The first kappa shape index (κ1) is 17.6. The number of esters is 1. The zero-order chi connectivity index (χ0) is 17.4. The van der Waals surface area contributed by atoms with Crippen LogP contribution in [0.25, 0.3) is 0 Å². The Kier molecular flexibility index (Phi) is 5.23. The smallest absolute Gasteiger partial charge is 0.337 e. The molecule has 5 heteroatoms. The minimum atomic E-state index is -0.109. The lowest BCUT2D eigenvalue weighted by Gasteiger charge is -2.41. The quantitative estimate of drug-likeness (QED) is 0.713. The largest absolute Gasteiger partial charge is 0.458 e. The molecule has 25 heavy (non-hydrogen) atoms. The zero-order valence-corrected chi connectivity index (χ0v) is 16.3. The number of fused-ring (bicyclic) bond motifs is 2. The molecule has 2 saturated carbocycles. The van der Waals surface area contributed by atoms with E-state index < -0.39 is 0 Å². The van der Waals surface area contributed by atoms with Gasteiger partial charge in [0.25, 0.3) is 0 Å². The Morgan fingerprint density at radius 3 is 2.84 bits per heavy atom. The van der Waals surface area contributed by atoms with Crippen LogP contribution in [0.4, 0.5) is 0 Å². The second-order valence-electron chi connectivity index (χ2n) is 7.76. The first-order chi connectivity index (χ1) is 12.2. The first-order valence-electron chi connectivity index (χ1n) is 10.1. The maximum absolute atomic E-state index is 12.7. The van der Waals surface area contributed by atoms with Gasteiger partial charge >= 0.3 is 5.97 Å². The average molecular weight is 363 g/mol. The van der Waals surface area contributed by atoms with Crippen LogP contribution < -0.4 is 0 Å². The van der Waals surface area contributed by atoms with Crippen molar-refractivity contribution in [2.45, 2.75) is 81.6 Å². The van der Waals surface area contributed by atoms with E-state index >= 15 is 0 Å². The number of rotatable bonds is 4. The molecule has 0 aromatic rings. The van der Waals surface area contributed by atoms with Crippen molar-refractivity contribution < 1.29 is 9.53 Å². The van der Waals surface area contributed by atoms with Crippen molar-refractivity contribution >= 4 is 23.4 Å². The summed E-state index contributed by atoms with van der Waals surface area (Å²) in [4.78, 5) is 20.1. The van der Waals surface area contributed by atoms with E-state index in [9.17, 15) is 4.79 Å². The van der Waals surface area contributed by atoms with E-state index in [0.29, 0.717) is 17.2 Å². The molecule has 2 aliphatic heterocycles. The third-order valence-corrected chi connectivity index (χ3v) is 7.85. The molecule has 0 saturated heterocycles. The Morgan fingerprint density at radius 1 is 1.24 bits per heavy atom. The minimum absolute atomic E-state index is 0.00736. The van der Waals surface area contributed by atoms with Gasteiger partial charge in [0.15, 0.2) is 0 Å². The summed E-state index contributed by atoms with van der Waals surface area (Å²) in [7, 11) is 0. The number of aliphatic imine (C=N–C) groups is 1. The number of ether oxygens (including phenoxy) is 1. The summed E-state index contributed by atoms with van der Waals surface area (Å²) in [5.74, 6) is 0.282. The Morgan fingerprint density at radius 2 is 2.08 bits per heavy atom. The summed E-state index contributed by atoms with van der Waals surface area (Å²) >= 11 is 1.88. The van der Waals surface area contributed by atoms with Crippen molar-refractivity contribution in [3.8, 4) is 0 Å². The monoisotopic (exact) mass is 362 g/mol. The van der Waals surface area contributed by atoms with Crippen LogP contribution in [0.2, 0.25) is 0 Å². The maximum atomic E-state index is 12.7. The van der Waals surface area contributed by atoms with Crippen molar-refractivity contribution in [3.05, 3.63) is 11.6 Å². The molecule has 4 rings (SSSR count). The second kappa shape index (κ2) is 7.43. The highest BCUT2D eigenvalue weighted by Gasteiger charge is 2.42. The summed E-state index contributed by atoms with van der Waals surface area (Å²) in [6.45, 7) is 6.59. The highest BCUT2D eigenvalue weighted by atomic mass is 32.2. The van der Waals surface area contributed by atoms with Gasteiger partial charge in [0.2, 0.25) is 0 Å². The number of nitrogens with zero attached hydrogens (tertiary/aromatic N) is 2. The lowest BCUT2D eigenvalue weighted by atomic mass is 9.80. The minimum Gasteiger partial charge on any atom is -0.458 e. The van der Waals surface area contributed by atoms with Crippen molar-refractivity contribution in [2.24, 2.45) is 10.9 Å². The molecule has 5 atom stereocenters. The fraction of sp³-hybridized carbons (Fsp3) is 0.800. The number of hydrogen-bond acceptors (Lipinski definition) is 5. The summed E-state index contributed by atoms with van der Waals surface area (Å²) < 4.78 is 5.92. The van der Waals surface area contributed by atoms with Crippen molar-refractivity contribution in [1.29, 1.82) is 0 Å². The standard InChI is InChI=1S/C20H30N2O2S/c1-3-22(4-2)14-10-9-13-11-15(20(23)24-17(13)12-14)19-21-16-7-5-6-8-18(16)25-19/h11,13-14,17-19H,3-10,12H2,1-2H3. The van der Waals surface area contributed by atoms with Crippen LogP contribution in [0.15, 0.2) is 16.6 Å². The lowest BCUT2D eigenvalue weighted by molar-refractivity contribution is -0.151. The van der Waals surface area contributed by atoms with E-state index in [4.69, 9.17) is 9.73 Å². The van der Waals surface area contributed by atoms with Crippen LogP contribution in [0, 0.1) is 5.92 Å². The van der Waals surface area contributed by atoms with Gasteiger partial charge < -0.3 is 9.64 Å². The molecule has 0 N–H and O–H groups in total. The molecule has 2 fully saturated rings. The average Bonchev–Trinajstić information content (AvgIpc) is 3.06. The van der Waals surface area contributed by atoms with Gasteiger partial charge in [0, 0.05) is 29.3 Å². The van der Waals surface area contributed by atoms with Gasteiger partial charge in [-0.2, -0.15) is 0 Å². The second-order valence-corrected chi connectivity index (χ2v) is 9.05. The molecule has 2 aliphatic carbocycles. The van der Waals surface area contributed by atoms with Gasteiger partial charge in [-0.3, -0.25) is 4.99 Å². The number of carbonyl (C=O) groups is 1. The molecular formula is C20H30N2O2S. The highest BCUT2D eigenvalue weighted by molar-refractivity contribution is 8.01. The first-order valence-corrected chi connectivity index (χ1v) is 11.0. The number of carbonyl (C=O) groups excluding carboxylic acids is 1. The molecule has 2 heterocycles. The number of hydrogen-bond donors (Lipinski definition) is 0. The van der Waals surface area contributed by atoms with Gasteiger partial charge in [-0.1, -0.05) is 26.3 Å². The fourth-order valence-electron chi connectivity index (χ4n) is 4.95. The van der Waals surface area contributed by atoms with Crippen LogP contribution in [-0.4, -0.2) is 52.4 Å². The third-order valence-electron chi connectivity index (χ3n) is 6.39. The van der Waals surface area contributed by atoms with E-state index in [-0.39, 0.29) is 17.4 Å². The Hall–Kier alpha value is -0.810. The molecule has 4 aliphatic rings. The molecule has 5 unspecified atom stereocenters. The molecule has 138 valence electrons. The molecule has 0 bridgehead atoms. The molecule has 0 aromatic carbocycles. The lowest BCUT2D eigenvalue weighted by Crippen LogP contribution is -2.46. The van der Waals surface area contributed by atoms with Gasteiger partial charge in [-0.25, -0.2) is 4.79 Å². The van der Waals surface area contributed by atoms with E-state index in [1.807, 2.05) is 11.8 Å². The molecule has 0 aromatic heterocycles. The van der Waals surface area contributed by atoms with E-state index in [2.05, 4.69) is 24.8 Å². The normalized spacial score (nSPS) is 37.9. The predicted molar refractivity (Wildman–Crippen MR) is 103 cm³/mol. The van der Waals surface area contributed by atoms with E-state index in [1.54, 1.807) is 0 Å². The molecule has 0 spiro atoms. The van der Waals surface area contributed by atoms with Crippen molar-refractivity contribution in [2.75, 3.05) is 13.1 Å². The van der Waals surface area contributed by atoms with Gasteiger partial charge in [-0.05, 0) is 45.2 Å². The molecular weight excluding hydrogens is 332 g/mol. The maximum Gasteiger partial charge on any atom is 0.337 e. The van der Waals surface area contributed by atoms with Gasteiger partial charge in [0.1, 0.15) is 11.5 Å². The summed E-state index contributed by atoms with van der Waals surface area (Å²) in [5.41, 5.74) is 2.16. The summed E-state index contributed by atoms with van der Waals surface area (Å²) in [6, 6.07) is 0.558. The predicted octanol–water partition coefficient (Wildman–Crippen LogP) is 3.81. The number of thioether (sulfide) groups is 1. The van der Waals surface area contributed by atoms with Crippen LogP contribution in [-0.2, 0) is 9.53 Å². The SMILES string of the molecule is CCN(CC)C1CCC2C=C(C3N=C4CCCCC4S3)C(=O)OC2C1. The van der Waals surface area contributed by atoms with Crippen LogP contribution in [0.5, 0.6) is 0 Å². The van der Waals surface area contributed by atoms with Crippen molar-refractivity contribution in [3.63, 3.8) is 0 Å². The van der Waals surface area contributed by atoms with Crippen LogP contribution >= 0.6 is 11.8 Å². The zero-order valence-electron chi connectivity index (χ0n) is 15.4. The molecule has 0 radical (unpaired) electrons. The fourth-order valence-corrected chi connectivity index (χ4v) is 6.42. The topological polar surface area (TPSA) is 41.9 Å². The van der Waals surface area contributed by atoms with Crippen LogP contribution in [0.3, 0.4) is 0 Å². The Bertz CT molecular complexity index is 584. The van der Waals surface area contributed by atoms with Crippen molar-refractivity contribution in [1.82, 2.24) is 4.90 Å². The third kappa shape index (κ3) is 3.42. The van der Waals surface area contributed by atoms with E-state index in [0.717, 1.165) is 37.9 Å². The summed E-state index contributed by atoms with van der Waals surface area (Å²) in [5, 5.41) is 0.538. The van der Waals surface area contributed by atoms with E-state index in [1.165, 1.54) is 31.4 Å². The molecule has 0 amide bonds. The Balaban J connectivity index is 1.47.